The van der Waals surface area contributed by atoms with Gasteiger partial charge in [-0.2, -0.15) is 0 Å². The van der Waals surface area contributed by atoms with Crippen LogP contribution in [0.1, 0.15) is 39.4 Å². The molecule has 8 heteroatoms. The van der Waals surface area contributed by atoms with Crippen LogP contribution in [0.15, 0.2) is 35.2 Å². The number of carbonyl (C=O) groups is 3. The molecule has 0 fully saturated rings. The molecule has 0 unspecified atom stereocenters. The summed E-state index contributed by atoms with van der Waals surface area (Å²) in [7, 11) is 0. The fourth-order valence-corrected chi connectivity index (χ4v) is 4.90. The predicted molar refractivity (Wildman–Crippen MR) is 111 cm³/mol. The van der Waals surface area contributed by atoms with Crippen molar-refractivity contribution in [2.75, 3.05) is 17.7 Å². The molecular weight excluding hydrogens is 396 g/mol. The Kier molecular flexibility index (Phi) is 7.11. The number of fused-ring (bicyclic) bond motifs is 1. The van der Waals surface area contributed by atoms with Gasteiger partial charge in [0.2, 0.25) is 5.91 Å². The van der Waals surface area contributed by atoms with Gasteiger partial charge in [0.15, 0.2) is 6.61 Å². The second-order valence-corrected chi connectivity index (χ2v) is 8.65. The van der Waals surface area contributed by atoms with Gasteiger partial charge < -0.3 is 15.8 Å². The molecule has 6 nitrogen and oxygen atoms in total. The number of rotatable bonds is 7. The number of esters is 1. The molecule has 1 aliphatic carbocycles. The van der Waals surface area contributed by atoms with Crippen LogP contribution in [0.4, 0.5) is 5.69 Å². The predicted octanol–water partition coefficient (Wildman–Crippen LogP) is 3.39. The summed E-state index contributed by atoms with van der Waals surface area (Å²) in [5.41, 5.74) is 6.96. The van der Waals surface area contributed by atoms with Crippen LogP contribution in [-0.4, -0.2) is 30.1 Å². The SMILES string of the molecule is NC(=O)CSc1ccccc1NC(=O)COC(=O)c1cc2c(s1)CCCCC2. The van der Waals surface area contributed by atoms with Gasteiger partial charge >= 0.3 is 5.97 Å². The molecule has 1 aliphatic rings. The van der Waals surface area contributed by atoms with E-state index in [9.17, 15) is 14.4 Å². The van der Waals surface area contributed by atoms with Gasteiger partial charge in [-0.25, -0.2) is 4.79 Å². The van der Waals surface area contributed by atoms with Gasteiger partial charge in [0.1, 0.15) is 4.88 Å². The first-order valence-electron chi connectivity index (χ1n) is 9.11. The van der Waals surface area contributed by atoms with Gasteiger partial charge in [0.25, 0.3) is 5.91 Å². The Hall–Kier alpha value is -2.32. The van der Waals surface area contributed by atoms with Gasteiger partial charge in [0, 0.05) is 9.77 Å². The fourth-order valence-electron chi connectivity index (χ4n) is 3.00. The van der Waals surface area contributed by atoms with Gasteiger partial charge in [0.05, 0.1) is 11.4 Å². The summed E-state index contributed by atoms with van der Waals surface area (Å²) < 4.78 is 5.19. The molecule has 1 aromatic carbocycles. The Balaban J connectivity index is 1.55. The lowest BCUT2D eigenvalue weighted by molar-refractivity contribution is -0.119. The maximum atomic E-state index is 12.3. The number of anilines is 1. The highest BCUT2D eigenvalue weighted by Gasteiger charge is 2.18. The number of benzene rings is 1. The molecule has 3 N–H and O–H groups in total. The molecule has 1 heterocycles. The van der Waals surface area contributed by atoms with Crippen molar-refractivity contribution >= 4 is 46.6 Å². The lowest BCUT2D eigenvalue weighted by Crippen LogP contribution is -2.21. The molecule has 0 aliphatic heterocycles. The highest BCUT2D eigenvalue weighted by atomic mass is 32.2. The summed E-state index contributed by atoms with van der Waals surface area (Å²) in [6.07, 6.45) is 5.53. The molecule has 0 atom stereocenters. The van der Waals surface area contributed by atoms with Gasteiger partial charge in [-0.1, -0.05) is 18.6 Å². The smallest absolute Gasteiger partial charge is 0.348 e. The van der Waals surface area contributed by atoms with Crippen LogP contribution < -0.4 is 11.1 Å². The van der Waals surface area contributed by atoms with E-state index >= 15 is 0 Å². The maximum Gasteiger partial charge on any atom is 0.348 e. The van der Waals surface area contributed by atoms with Crippen LogP contribution in [-0.2, 0) is 27.2 Å². The van der Waals surface area contributed by atoms with E-state index in [4.69, 9.17) is 10.5 Å². The summed E-state index contributed by atoms with van der Waals surface area (Å²) in [6, 6.07) is 8.99. The Morgan fingerprint density at radius 1 is 1.14 bits per heavy atom. The minimum absolute atomic E-state index is 0.116. The van der Waals surface area contributed by atoms with Crippen molar-refractivity contribution in [1.29, 1.82) is 0 Å². The molecule has 3 rings (SSSR count). The van der Waals surface area contributed by atoms with Gasteiger partial charge in [-0.3, -0.25) is 9.59 Å². The van der Waals surface area contributed by atoms with E-state index in [2.05, 4.69) is 5.32 Å². The van der Waals surface area contributed by atoms with Crippen LogP contribution in [0, 0.1) is 0 Å². The number of aryl methyl sites for hydroxylation is 2. The van der Waals surface area contributed by atoms with E-state index in [0.29, 0.717) is 10.6 Å². The molecule has 0 radical (unpaired) electrons. The number of para-hydroxylation sites is 1. The highest BCUT2D eigenvalue weighted by molar-refractivity contribution is 8.00. The van der Waals surface area contributed by atoms with Crippen molar-refractivity contribution in [2.45, 2.75) is 37.0 Å². The highest BCUT2D eigenvalue weighted by Crippen LogP contribution is 2.29. The molecule has 28 heavy (non-hydrogen) atoms. The number of primary amides is 1. The largest absolute Gasteiger partial charge is 0.451 e. The monoisotopic (exact) mass is 418 g/mol. The van der Waals surface area contributed by atoms with E-state index in [1.165, 1.54) is 40.0 Å². The number of ether oxygens (including phenoxy) is 1. The Labute approximate surface area is 171 Å². The van der Waals surface area contributed by atoms with Crippen molar-refractivity contribution in [3.63, 3.8) is 0 Å². The Morgan fingerprint density at radius 2 is 1.93 bits per heavy atom. The third-order valence-electron chi connectivity index (χ3n) is 4.31. The summed E-state index contributed by atoms with van der Waals surface area (Å²) in [5, 5.41) is 2.71. The van der Waals surface area contributed by atoms with E-state index in [0.717, 1.165) is 30.6 Å². The average molecular weight is 419 g/mol. The zero-order chi connectivity index (χ0) is 19.9. The minimum Gasteiger partial charge on any atom is -0.451 e. The average Bonchev–Trinajstić information content (AvgIpc) is 2.96. The Morgan fingerprint density at radius 3 is 2.75 bits per heavy atom. The first-order valence-corrected chi connectivity index (χ1v) is 10.9. The first-order chi connectivity index (χ1) is 13.5. The standard InChI is InChI=1S/C20H22N2O4S2/c21-18(23)12-27-16-9-5-4-7-14(16)22-19(24)11-26-20(25)17-10-13-6-2-1-3-8-15(13)28-17/h4-5,7,9-10H,1-3,6,8,11-12H2,(H2,21,23)(H,22,24). The van der Waals surface area contributed by atoms with E-state index in [1.807, 2.05) is 6.07 Å². The number of carbonyl (C=O) groups excluding carboxylic acids is 3. The van der Waals surface area contributed by atoms with Crippen molar-refractivity contribution in [2.24, 2.45) is 5.73 Å². The number of nitrogens with one attached hydrogen (secondary N) is 1. The van der Waals surface area contributed by atoms with Crippen molar-refractivity contribution in [3.05, 3.63) is 45.6 Å². The van der Waals surface area contributed by atoms with Crippen LogP contribution in [0.2, 0.25) is 0 Å². The van der Waals surface area contributed by atoms with Crippen molar-refractivity contribution in [3.8, 4) is 0 Å². The van der Waals surface area contributed by atoms with E-state index in [-0.39, 0.29) is 12.4 Å². The molecule has 1 aromatic heterocycles. The normalized spacial score (nSPS) is 13.3. The lowest BCUT2D eigenvalue weighted by Gasteiger charge is -2.10. The maximum absolute atomic E-state index is 12.3. The summed E-state index contributed by atoms with van der Waals surface area (Å²) in [5.74, 6) is -1.22. The van der Waals surface area contributed by atoms with Crippen LogP contribution in [0.3, 0.4) is 0 Å². The van der Waals surface area contributed by atoms with Crippen LogP contribution >= 0.6 is 23.1 Å². The minimum atomic E-state index is -0.468. The quantitative estimate of drug-likeness (QED) is 0.408. The third-order valence-corrected chi connectivity index (χ3v) is 6.63. The van der Waals surface area contributed by atoms with Gasteiger partial charge in [-0.05, 0) is 49.4 Å². The second-order valence-electron chi connectivity index (χ2n) is 6.50. The molecule has 148 valence electrons. The lowest BCUT2D eigenvalue weighted by atomic mass is 10.1. The molecule has 0 spiro atoms. The molecule has 2 aromatic rings. The van der Waals surface area contributed by atoms with Gasteiger partial charge in [-0.15, -0.1) is 23.1 Å². The first kappa shape index (κ1) is 20.4. The number of amides is 2. The Bertz CT molecular complexity index is 855. The second kappa shape index (κ2) is 9.75. The van der Waals surface area contributed by atoms with Crippen LogP contribution in [0.25, 0.3) is 0 Å². The summed E-state index contributed by atoms with van der Waals surface area (Å²) in [6.45, 7) is -0.365. The molecular formula is C20H22N2O4S2. The molecule has 0 saturated heterocycles. The molecule has 2 amide bonds. The molecule has 0 saturated carbocycles. The summed E-state index contributed by atoms with van der Waals surface area (Å²) >= 11 is 2.71. The zero-order valence-corrected chi connectivity index (χ0v) is 17.0. The third kappa shape index (κ3) is 5.59. The topological polar surface area (TPSA) is 98.5 Å². The summed E-state index contributed by atoms with van der Waals surface area (Å²) in [4.78, 5) is 38.0. The number of hydrogen-bond acceptors (Lipinski definition) is 6. The number of thioether (sulfide) groups is 1. The molecule has 0 bridgehead atoms. The van der Waals surface area contributed by atoms with Crippen molar-refractivity contribution in [1.82, 2.24) is 0 Å². The van der Waals surface area contributed by atoms with Crippen LogP contribution in [0.5, 0.6) is 0 Å². The number of thiophene rings is 1. The zero-order valence-electron chi connectivity index (χ0n) is 15.4. The number of nitrogens with two attached hydrogens (primary N) is 1. The van der Waals surface area contributed by atoms with E-state index < -0.39 is 17.8 Å². The fraction of sp³-hybridized carbons (Fsp3) is 0.350. The number of hydrogen-bond donors (Lipinski definition) is 2. The van der Waals surface area contributed by atoms with Crippen molar-refractivity contribution < 1.29 is 19.1 Å². The van der Waals surface area contributed by atoms with E-state index in [1.54, 1.807) is 24.3 Å².